The molecule has 0 fully saturated rings. The fourth-order valence-corrected chi connectivity index (χ4v) is 1.37. The predicted molar refractivity (Wildman–Crippen MR) is 44.9 cm³/mol. The zero-order chi connectivity index (χ0) is 5.86. The van der Waals surface area contributed by atoms with Crippen molar-refractivity contribution in [1.82, 2.24) is 0 Å². The molecule has 0 N–H and O–H groups in total. The normalized spacial score (nSPS) is 18.9. The van der Waals surface area contributed by atoms with E-state index in [0.717, 1.165) is 5.33 Å². The van der Waals surface area contributed by atoms with E-state index < -0.39 is 0 Å². The van der Waals surface area contributed by atoms with Gasteiger partial charge in [0.05, 0.1) is 0 Å². The molecular formula is C4H7Br3. The van der Waals surface area contributed by atoms with Crippen molar-refractivity contribution in [2.75, 3.05) is 5.33 Å². The second-order valence-corrected chi connectivity index (χ2v) is 4.62. The summed E-state index contributed by atoms with van der Waals surface area (Å²) in [5, 5.41) is 0.999. The Kier molecular flexibility index (Phi) is 5.22. The van der Waals surface area contributed by atoms with Gasteiger partial charge in [-0.1, -0.05) is 54.7 Å². The molecule has 0 heterocycles. The van der Waals surface area contributed by atoms with Gasteiger partial charge in [0.15, 0.2) is 0 Å². The Morgan fingerprint density at radius 3 is 1.86 bits per heavy atom. The first-order chi connectivity index (χ1) is 3.18. The van der Waals surface area contributed by atoms with Crippen LogP contribution in [0.4, 0.5) is 0 Å². The maximum absolute atomic E-state index is 3.45. The van der Waals surface area contributed by atoms with E-state index in [1.165, 1.54) is 0 Å². The Balaban J connectivity index is 3.14. The molecule has 0 aromatic rings. The van der Waals surface area contributed by atoms with Gasteiger partial charge in [-0.25, -0.2) is 0 Å². The highest BCUT2D eigenvalue weighted by molar-refractivity contribution is 9.13. The SMILES string of the molecule is C[C@@H](Br)[C@@H](Br)CBr. The molecule has 0 nitrogen and oxygen atoms in total. The van der Waals surface area contributed by atoms with Gasteiger partial charge in [-0.3, -0.25) is 0 Å². The molecule has 0 aliphatic carbocycles. The lowest BCUT2D eigenvalue weighted by molar-refractivity contribution is 0.976. The van der Waals surface area contributed by atoms with E-state index in [4.69, 9.17) is 0 Å². The quantitative estimate of drug-likeness (QED) is 0.687. The summed E-state index contributed by atoms with van der Waals surface area (Å²) in [5.41, 5.74) is 0. The van der Waals surface area contributed by atoms with Gasteiger partial charge in [0.25, 0.3) is 0 Å². The van der Waals surface area contributed by atoms with Crippen LogP contribution in [0.1, 0.15) is 6.92 Å². The molecule has 0 aliphatic rings. The lowest BCUT2D eigenvalue weighted by Gasteiger charge is -2.05. The number of hydrogen-bond acceptors (Lipinski definition) is 0. The van der Waals surface area contributed by atoms with E-state index in [-0.39, 0.29) is 0 Å². The third-order valence-corrected chi connectivity index (χ3v) is 4.68. The number of rotatable bonds is 2. The Labute approximate surface area is 69.4 Å². The summed E-state index contributed by atoms with van der Waals surface area (Å²) in [6, 6.07) is 0. The largest absolute Gasteiger partial charge is 0.0916 e. The minimum atomic E-state index is 0.548. The molecule has 0 saturated carbocycles. The Morgan fingerprint density at radius 2 is 1.86 bits per heavy atom. The summed E-state index contributed by atoms with van der Waals surface area (Å²) in [6.07, 6.45) is 0. The molecule has 0 spiro atoms. The van der Waals surface area contributed by atoms with Gasteiger partial charge in [-0.15, -0.1) is 0 Å². The van der Waals surface area contributed by atoms with Crippen LogP contribution in [0.5, 0.6) is 0 Å². The molecule has 0 aromatic carbocycles. The fourth-order valence-electron chi connectivity index (χ4n) is 0.123. The summed E-state index contributed by atoms with van der Waals surface area (Å²) in [6.45, 7) is 2.11. The van der Waals surface area contributed by atoms with E-state index in [1.807, 2.05) is 0 Å². The van der Waals surface area contributed by atoms with Crippen molar-refractivity contribution in [3.05, 3.63) is 0 Å². The minimum absolute atomic E-state index is 0.548. The summed E-state index contributed by atoms with van der Waals surface area (Å²) in [5.74, 6) is 0. The molecule has 0 saturated heterocycles. The maximum Gasteiger partial charge on any atom is 0.0365 e. The Bertz CT molecular complexity index is 44.2. The van der Waals surface area contributed by atoms with Gasteiger partial charge in [-0.2, -0.15) is 0 Å². The van der Waals surface area contributed by atoms with Crippen molar-refractivity contribution >= 4 is 47.8 Å². The smallest absolute Gasteiger partial charge is 0.0365 e. The lowest BCUT2D eigenvalue weighted by Crippen LogP contribution is -2.09. The van der Waals surface area contributed by atoms with E-state index >= 15 is 0 Å². The van der Waals surface area contributed by atoms with E-state index in [9.17, 15) is 0 Å². The third-order valence-electron chi connectivity index (χ3n) is 0.646. The van der Waals surface area contributed by atoms with Crippen LogP contribution in [0.3, 0.4) is 0 Å². The minimum Gasteiger partial charge on any atom is -0.0916 e. The molecule has 0 rings (SSSR count). The van der Waals surface area contributed by atoms with Gasteiger partial charge >= 0.3 is 0 Å². The van der Waals surface area contributed by atoms with Crippen LogP contribution in [0.15, 0.2) is 0 Å². The molecule has 0 unspecified atom stereocenters. The number of halogens is 3. The van der Waals surface area contributed by atoms with Crippen molar-refractivity contribution in [2.24, 2.45) is 0 Å². The topological polar surface area (TPSA) is 0 Å². The number of hydrogen-bond donors (Lipinski definition) is 0. The first-order valence-electron chi connectivity index (χ1n) is 2.02. The zero-order valence-electron chi connectivity index (χ0n) is 4.00. The summed E-state index contributed by atoms with van der Waals surface area (Å²) >= 11 is 10.2. The number of alkyl halides is 3. The highest BCUT2D eigenvalue weighted by atomic mass is 79.9. The van der Waals surface area contributed by atoms with Gasteiger partial charge < -0.3 is 0 Å². The molecule has 0 radical (unpaired) electrons. The van der Waals surface area contributed by atoms with Crippen LogP contribution in [0.2, 0.25) is 0 Å². The zero-order valence-corrected chi connectivity index (χ0v) is 8.75. The van der Waals surface area contributed by atoms with Crippen LogP contribution in [-0.4, -0.2) is 15.0 Å². The monoisotopic (exact) mass is 292 g/mol. The van der Waals surface area contributed by atoms with Crippen LogP contribution < -0.4 is 0 Å². The van der Waals surface area contributed by atoms with E-state index in [2.05, 4.69) is 54.7 Å². The molecule has 7 heavy (non-hydrogen) atoms. The molecule has 0 aliphatic heterocycles. The first-order valence-corrected chi connectivity index (χ1v) is 4.98. The average Bonchev–Trinajstić information content (AvgIpc) is 1.65. The molecule has 44 valence electrons. The van der Waals surface area contributed by atoms with Crippen molar-refractivity contribution in [2.45, 2.75) is 16.6 Å². The second kappa shape index (κ2) is 4.33. The Hall–Kier alpha value is 1.44. The predicted octanol–water partition coefficient (Wildman–Crippen LogP) is 2.93. The molecule has 3 heteroatoms. The second-order valence-electron chi connectivity index (χ2n) is 1.35. The third kappa shape index (κ3) is 3.98. The summed E-state index contributed by atoms with van der Waals surface area (Å²) in [7, 11) is 0. The van der Waals surface area contributed by atoms with Gasteiger partial charge in [0, 0.05) is 15.0 Å². The average molecular weight is 295 g/mol. The van der Waals surface area contributed by atoms with Crippen molar-refractivity contribution in [3.63, 3.8) is 0 Å². The Morgan fingerprint density at radius 1 is 1.43 bits per heavy atom. The van der Waals surface area contributed by atoms with Crippen LogP contribution >= 0.6 is 47.8 Å². The molecular weight excluding hydrogens is 288 g/mol. The summed E-state index contributed by atoms with van der Waals surface area (Å²) in [4.78, 5) is 1.10. The van der Waals surface area contributed by atoms with Crippen molar-refractivity contribution < 1.29 is 0 Å². The van der Waals surface area contributed by atoms with Gasteiger partial charge in [0.2, 0.25) is 0 Å². The van der Waals surface area contributed by atoms with Crippen LogP contribution in [0, 0.1) is 0 Å². The van der Waals surface area contributed by atoms with Gasteiger partial charge in [0.1, 0.15) is 0 Å². The van der Waals surface area contributed by atoms with Gasteiger partial charge in [-0.05, 0) is 0 Å². The maximum atomic E-state index is 3.45. The van der Waals surface area contributed by atoms with E-state index in [1.54, 1.807) is 0 Å². The van der Waals surface area contributed by atoms with Crippen LogP contribution in [0.25, 0.3) is 0 Å². The lowest BCUT2D eigenvalue weighted by atomic mass is 10.4. The van der Waals surface area contributed by atoms with Crippen molar-refractivity contribution in [3.8, 4) is 0 Å². The molecule has 2 atom stereocenters. The molecule has 0 amide bonds. The molecule has 0 bridgehead atoms. The highest BCUT2D eigenvalue weighted by Gasteiger charge is 2.06. The molecule has 0 aromatic heterocycles. The fraction of sp³-hybridized carbons (Fsp3) is 1.00. The first kappa shape index (κ1) is 8.44. The highest BCUT2D eigenvalue weighted by Crippen LogP contribution is 2.14. The standard InChI is InChI=1S/C4H7Br3/c1-3(6)4(7)2-5/h3-4H,2H2,1H3/t3-,4+/m1/s1. The van der Waals surface area contributed by atoms with E-state index in [0.29, 0.717) is 9.65 Å². The van der Waals surface area contributed by atoms with Crippen molar-refractivity contribution in [1.29, 1.82) is 0 Å². The summed E-state index contributed by atoms with van der Waals surface area (Å²) < 4.78 is 0. The van der Waals surface area contributed by atoms with Crippen LogP contribution in [-0.2, 0) is 0 Å².